The van der Waals surface area contributed by atoms with Crippen LogP contribution in [0.1, 0.15) is 6.42 Å². The van der Waals surface area contributed by atoms with Crippen LogP contribution in [0.3, 0.4) is 0 Å². The molecule has 0 bridgehead atoms. The molecule has 4 heteroatoms. The highest BCUT2D eigenvalue weighted by atomic mass is 16.3. The second kappa shape index (κ2) is 4.17. The van der Waals surface area contributed by atoms with E-state index < -0.39 is 0 Å². The zero-order chi connectivity index (χ0) is 7.28. The highest BCUT2D eigenvalue weighted by Crippen LogP contribution is 1.92. The van der Waals surface area contributed by atoms with Gasteiger partial charge in [-0.05, 0) is 0 Å². The van der Waals surface area contributed by atoms with Gasteiger partial charge in [0.05, 0.1) is 6.61 Å². The maximum atomic E-state index is 8.43. The summed E-state index contributed by atoms with van der Waals surface area (Å²) in [4.78, 5) is 0. The average molecular weight is 131 g/mol. The van der Waals surface area contributed by atoms with Gasteiger partial charge in [-0.15, -0.1) is 0 Å². The van der Waals surface area contributed by atoms with Gasteiger partial charge in [0.15, 0.2) is 0 Å². The first kappa shape index (κ1) is 8.26. The number of rotatable bonds is 3. The molecular weight excluding hydrogens is 118 g/mol. The summed E-state index contributed by atoms with van der Waals surface area (Å²) in [6.07, 6.45) is 1.74. The Morgan fingerprint density at radius 2 is 2.22 bits per heavy atom. The number of aliphatic hydroxyl groups excluding tert-OH is 1. The maximum absolute atomic E-state index is 8.43. The van der Waals surface area contributed by atoms with Gasteiger partial charge < -0.3 is 22.3 Å². The Hall–Kier alpha value is -0.740. The molecular formula is C5H13N3O. The van der Waals surface area contributed by atoms with Crippen LogP contribution in [0.15, 0.2) is 11.9 Å². The van der Waals surface area contributed by atoms with E-state index in [9.17, 15) is 0 Å². The summed E-state index contributed by atoms with van der Waals surface area (Å²) < 4.78 is 0. The lowest BCUT2D eigenvalue weighted by molar-refractivity contribution is 0.265. The molecule has 0 amide bonds. The van der Waals surface area contributed by atoms with Gasteiger partial charge in [0.25, 0.3) is 0 Å². The fraction of sp³-hybridized carbons (Fsp3) is 0.600. The molecule has 0 saturated carbocycles. The molecule has 0 aromatic carbocycles. The second-order valence-corrected chi connectivity index (χ2v) is 1.89. The molecule has 0 saturated heterocycles. The summed E-state index contributed by atoms with van der Waals surface area (Å²) in [5, 5.41) is 8.43. The zero-order valence-corrected chi connectivity index (χ0v) is 5.25. The van der Waals surface area contributed by atoms with Crippen molar-refractivity contribution in [1.82, 2.24) is 0 Å². The first-order valence-corrected chi connectivity index (χ1v) is 2.73. The number of nitrogens with two attached hydrogens (primary N) is 3. The molecule has 4 nitrogen and oxygen atoms in total. The van der Waals surface area contributed by atoms with Gasteiger partial charge in [0.2, 0.25) is 0 Å². The van der Waals surface area contributed by atoms with Gasteiger partial charge in [-0.25, -0.2) is 0 Å². The normalized spacial score (nSPS) is 15.6. The molecule has 1 atom stereocenters. The first-order valence-electron chi connectivity index (χ1n) is 2.73. The van der Waals surface area contributed by atoms with Crippen LogP contribution in [0, 0.1) is 0 Å². The molecule has 54 valence electrons. The van der Waals surface area contributed by atoms with Crippen molar-refractivity contribution in [3.05, 3.63) is 11.9 Å². The van der Waals surface area contributed by atoms with Crippen molar-refractivity contribution in [1.29, 1.82) is 0 Å². The van der Waals surface area contributed by atoms with E-state index in [1.54, 1.807) is 0 Å². The Bertz CT molecular complexity index is 102. The van der Waals surface area contributed by atoms with Gasteiger partial charge in [0, 0.05) is 24.4 Å². The smallest absolute Gasteiger partial charge is 0.0586 e. The molecule has 0 aliphatic rings. The fourth-order valence-corrected chi connectivity index (χ4v) is 0.435. The number of aliphatic hydroxyl groups is 1. The molecule has 0 aromatic rings. The van der Waals surface area contributed by atoms with E-state index in [2.05, 4.69) is 0 Å². The number of hydrogen-bond acceptors (Lipinski definition) is 4. The Kier molecular flexibility index (Phi) is 3.83. The van der Waals surface area contributed by atoms with E-state index >= 15 is 0 Å². The molecule has 0 aliphatic heterocycles. The van der Waals surface area contributed by atoms with Gasteiger partial charge in [-0.3, -0.25) is 0 Å². The molecule has 0 rings (SSSR count). The lowest BCUT2D eigenvalue weighted by Gasteiger charge is -2.05. The largest absolute Gasteiger partial charge is 0.403 e. The van der Waals surface area contributed by atoms with E-state index in [1.807, 2.05) is 0 Å². The molecule has 1 unspecified atom stereocenters. The van der Waals surface area contributed by atoms with Crippen LogP contribution in [0.25, 0.3) is 0 Å². The van der Waals surface area contributed by atoms with E-state index in [1.165, 1.54) is 6.20 Å². The van der Waals surface area contributed by atoms with Crippen LogP contribution in [0.2, 0.25) is 0 Å². The van der Waals surface area contributed by atoms with Crippen LogP contribution in [0.4, 0.5) is 0 Å². The lowest BCUT2D eigenvalue weighted by atomic mass is 10.2. The van der Waals surface area contributed by atoms with Crippen LogP contribution < -0.4 is 17.2 Å². The van der Waals surface area contributed by atoms with Gasteiger partial charge in [0.1, 0.15) is 0 Å². The van der Waals surface area contributed by atoms with Crippen LogP contribution in [-0.2, 0) is 0 Å². The quantitative estimate of drug-likeness (QED) is 0.373. The second-order valence-electron chi connectivity index (χ2n) is 1.89. The fourth-order valence-electron chi connectivity index (χ4n) is 0.435. The number of hydrogen-bond donors (Lipinski definition) is 4. The Morgan fingerprint density at radius 3 is 2.56 bits per heavy atom. The SMILES string of the molecule is N/C=C(\N)CC(N)CO. The van der Waals surface area contributed by atoms with Crippen molar-refractivity contribution in [2.45, 2.75) is 12.5 Å². The molecule has 0 heterocycles. The minimum atomic E-state index is -0.287. The Morgan fingerprint density at radius 1 is 1.67 bits per heavy atom. The Labute approximate surface area is 54.3 Å². The van der Waals surface area contributed by atoms with Gasteiger partial charge in [-0.2, -0.15) is 0 Å². The van der Waals surface area contributed by atoms with E-state index in [0.717, 1.165) is 0 Å². The van der Waals surface area contributed by atoms with E-state index in [0.29, 0.717) is 12.1 Å². The monoisotopic (exact) mass is 131 g/mol. The topological polar surface area (TPSA) is 98.3 Å². The van der Waals surface area contributed by atoms with E-state index in [4.69, 9.17) is 22.3 Å². The Balaban J connectivity index is 3.47. The van der Waals surface area contributed by atoms with Gasteiger partial charge >= 0.3 is 0 Å². The van der Waals surface area contributed by atoms with Crippen molar-refractivity contribution < 1.29 is 5.11 Å². The standard InChI is InChI=1S/C5H13N3O/c6-2-4(7)1-5(8)3-9/h2,5,9H,1,3,6-8H2/b4-2-. The van der Waals surface area contributed by atoms with Gasteiger partial charge in [-0.1, -0.05) is 0 Å². The summed E-state index contributed by atoms with van der Waals surface area (Å²) in [6, 6.07) is -0.287. The molecule has 0 aliphatic carbocycles. The molecule has 7 N–H and O–H groups in total. The van der Waals surface area contributed by atoms with Crippen LogP contribution in [0.5, 0.6) is 0 Å². The van der Waals surface area contributed by atoms with Crippen molar-refractivity contribution >= 4 is 0 Å². The minimum absolute atomic E-state index is 0.0610. The van der Waals surface area contributed by atoms with Crippen molar-refractivity contribution in [3.8, 4) is 0 Å². The highest BCUT2D eigenvalue weighted by Gasteiger charge is 1.99. The predicted octanol–water partition coefficient (Wildman–Crippen LogP) is -1.55. The molecule has 0 radical (unpaired) electrons. The molecule has 0 fully saturated rings. The third-order valence-electron chi connectivity index (χ3n) is 0.946. The van der Waals surface area contributed by atoms with Crippen molar-refractivity contribution in [3.63, 3.8) is 0 Å². The molecule has 0 spiro atoms. The first-order chi connectivity index (χ1) is 4.20. The predicted molar refractivity (Wildman–Crippen MR) is 36.1 cm³/mol. The van der Waals surface area contributed by atoms with Crippen molar-refractivity contribution in [2.75, 3.05) is 6.61 Å². The van der Waals surface area contributed by atoms with Crippen LogP contribution >= 0.6 is 0 Å². The minimum Gasteiger partial charge on any atom is -0.403 e. The summed E-state index contributed by atoms with van der Waals surface area (Å²) >= 11 is 0. The third kappa shape index (κ3) is 3.81. The molecule has 9 heavy (non-hydrogen) atoms. The summed E-state index contributed by atoms with van der Waals surface area (Å²) in [5.41, 5.74) is 16.2. The van der Waals surface area contributed by atoms with E-state index in [-0.39, 0.29) is 12.6 Å². The maximum Gasteiger partial charge on any atom is 0.0586 e. The summed E-state index contributed by atoms with van der Waals surface area (Å²) in [7, 11) is 0. The highest BCUT2D eigenvalue weighted by molar-refractivity contribution is 4.95. The average Bonchev–Trinajstić information content (AvgIpc) is 1.87. The lowest BCUT2D eigenvalue weighted by Crippen LogP contribution is -2.26. The summed E-state index contributed by atoms with van der Waals surface area (Å²) in [6.45, 7) is -0.0610. The van der Waals surface area contributed by atoms with Crippen molar-refractivity contribution in [2.24, 2.45) is 17.2 Å². The summed E-state index contributed by atoms with van der Waals surface area (Å²) in [5.74, 6) is 0. The molecule has 0 aromatic heterocycles. The van der Waals surface area contributed by atoms with Crippen LogP contribution in [-0.4, -0.2) is 17.8 Å². The zero-order valence-electron chi connectivity index (χ0n) is 5.25. The third-order valence-corrected chi connectivity index (χ3v) is 0.946.